The van der Waals surface area contributed by atoms with E-state index >= 15 is 0 Å². The molecule has 0 saturated heterocycles. The number of halogens is 2. The van der Waals surface area contributed by atoms with E-state index in [-0.39, 0.29) is 5.82 Å². The smallest absolute Gasteiger partial charge is 0.137 e. The number of nitrogens with one attached hydrogen (secondary N) is 1. The summed E-state index contributed by atoms with van der Waals surface area (Å²) in [7, 11) is 0. The first-order chi connectivity index (χ1) is 7.65. The lowest BCUT2D eigenvalue weighted by Crippen LogP contribution is -1.98. The maximum Gasteiger partial charge on any atom is 0.137 e. The van der Waals surface area contributed by atoms with Crippen molar-refractivity contribution in [3.05, 3.63) is 52.1 Å². The van der Waals surface area contributed by atoms with Gasteiger partial charge < -0.3 is 9.73 Å². The molecule has 0 unspecified atom stereocenters. The van der Waals surface area contributed by atoms with Gasteiger partial charge in [0.2, 0.25) is 0 Å². The van der Waals surface area contributed by atoms with Crippen molar-refractivity contribution in [2.24, 2.45) is 0 Å². The van der Waals surface area contributed by atoms with Crippen molar-refractivity contribution in [3.8, 4) is 0 Å². The molecule has 0 aliphatic rings. The molecule has 0 radical (unpaired) electrons. The summed E-state index contributed by atoms with van der Waals surface area (Å²) >= 11 is 3.14. The standard InChI is InChI=1S/C12H11BrFNO/c1-8-2-4-10(16-8)7-15-9-3-5-12(14)11(13)6-9/h2-6,15H,7H2,1H3. The predicted octanol–water partition coefficient (Wildman–Crippen LogP) is 4.10. The minimum absolute atomic E-state index is 0.264. The monoisotopic (exact) mass is 283 g/mol. The van der Waals surface area contributed by atoms with E-state index in [1.807, 2.05) is 19.1 Å². The molecule has 1 heterocycles. The molecule has 0 saturated carbocycles. The summed E-state index contributed by atoms with van der Waals surface area (Å²) in [4.78, 5) is 0. The molecule has 1 N–H and O–H groups in total. The number of furan rings is 1. The van der Waals surface area contributed by atoms with E-state index in [1.165, 1.54) is 6.07 Å². The molecule has 0 atom stereocenters. The molecule has 0 bridgehead atoms. The molecule has 4 heteroatoms. The molecule has 0 fully saturated rings. The minimum Gasteiger partial charge on any atom is -0.465 e. The molecule has 1 aromatic heterocycles. The fraction of sp³-hybridized carbons (Fsp3) is 0.167. The number of rotatable bonds is 3. The first-order valence-electron chi connectivity index (χ1n) is 4.89. The highest BCUT2D eigenvalue weighted by Gasteiger charge is 2.01. The highest BCUT2D eigenvalue weighted by molar-refractivity contribution is 9.10. The molecule has 2 aromatic rings. The van der Waals surface area contributed by atoms with Gasteiger partial charge in [0.1, 0.15) is 17.3 Å². The highest BCUT2D eigenvalue weighted by atomic mass is 79.9. The van der Waals surface area contributed by atoms with Gasteiger partial charge in [-0.05, 0) is 53.2 Å². The Balaban J connectivity index is 2.02. The van der Waals surface area contributed by atoms with Gasteiger partial charge >= 0.3 is 0 Å². The first-order valence-corrected chi connectivity index (χ1v) is 5.69. The van der Waals surface area contributed by atoms with Crippen LogP contribution in [-0.4, -0.2) is 0 Å². The summed E-state index contributed by atoms with van der Waals surface area (Å²) in [5, 5.41) is 3.15. The molecular formula is C12H11BrFNO. The van der Waals surface area contributed by atoms with Crippen LogP contribution < -0.4 is 5.32 Å². The van der Waals surface area contributed by atoms with Crippen molar-refractivity contribution in [3.63, 3.8) is 0 Å². The number of aryl methyl sites for hydroxylation is 1. The Labute approximate surface area is 102 Å². The van der Waals surface area contributed by atoms with Gasteiger partial charge in [-0.2, -0.15) is 0 Å². The second-order valence-corrected chi connectivity index (χ2v) is 4.35. The topological polar surface area (TPSA) is 25.2 Å². The van der Waals surface area contributed by atoms with Gasteiger partial charge in [0, 0.05) is 5.69 Å². The Hall–Kier alpha value is -1.29. The van der Waals surface area contributed by atoms with E-state index in [0.717, 1.165) is 17.2 Å². The van der Waals surface area contributed by atoms with E-state index in [4.69, 9.17) is 4.42 Å². The van der Waals surface area contributed by atoms with Gasteiger partial charge in [0.25, 0.3) is 0 Å². The van der Waals surface area contributed by atoms with Gasteiger partial charge in [-0.25, -0.2) is 4.39 Å². The Bertz CT molecular complexity index is 496. The number of benzene rings is 1. The van der Waals surface area contributed by atoms with Crippen LogP contribution in [0, 0.1) is 12.7 Å². The molecule has 2 nitrogen and oxygen atoms in total. The normalized spacial score (nSPS) is 10.4. The average molecular weight is 284 g/mol. The second kappa shape index (κ2) is 4.70. The fourth-order valence-corrected chi connectivity index (χ4v) is 1.75. The van der Waals surface area contributed by atoms with Crippen molar-refractivity contribution >= 4 is 21.6 Å². The summed E-state index contributed by atoms with van der Waals surface area (Å²) in [6, 6.07) is 8.64. The van der Waals surface area contributed by atoms with Crippen molar-refractivity contribution in [2.75, 3.05) is 5.32 Å². The van der Waals surface area contributed by atoms with E-state index in [1.54, 1.807) is 12.1 Å². The Morgan fingerprint density at radius 2 is 2.12 bits per heavy atom. The van der Waals surface area contributed by atoms with Crippen molar-refractivity contribution < 1.29 is 8.81 Å². The van der Waals surface area contributed by atoms with E-state index in [9.17, 15) is 4.39 Å². The van der Waals surface area contributed by atoms with Crippen LogP contribution in [0.2, 0.25) is 0 Å². The third-order valence-electron chi connectivity index (χ3n) is 2.18. The van der Waals surface area contributed by atoms with Crippen LogP contribution in [0.5, 0.6) is 0 Å². The molecule has 0 aliphatic heterocycles. The number of anilines is 1. The molecule has 16 heavy (non-hydrogen) atoms. The molecule has 84 valence electrons. The largest absolute Gasteiger partial charge is 0.465 e. The first kappa shape index (κ1) is 11.2. The SMILES string of the molecule is Cc1ccc(CNc2ccc(F)c(Br)c2)o1. The van der Waals surface area contributed by atoms with Gasteiger partial charge in [0.15, 0.2) is 0 Å². The maximum atomic E-state index is 13.0. The zero-order valence-corrected chi connectivity index (χ0v) is 10.3. The lowest BCUT2D eigenvalue weighted by molar-refractivity contribution is 0.490. The number of hydrogen-bond donors (Lipinski definition) is 1. The maximum absolute atomic E-state index is 13.0. The van der Waals surface area contributed by atoms with Crippen LogP contribution in [0.15, 0.2) is 39.2 Å². The van der Waals surface area contributed by atoms with Crippen LogP contribution in [0.3, 0.4) is 0 Å². The quantitative estimate of drug-likeness (QED) is 0.917. The van der Waals surface area contributed by atoms with Crippen LogP contribution in [0.25, 0.3) is 0 Å². The summed E-state index contributed by atoms with van der Waals surface area (Å²) in [5.41, 5.74) is 0.849. The van der Waals surface area contributed by atoms with Crippen molar-refractivity contribution in [2.45, 2.75) is 13.5 Å². The minimum atomic E-state index is -0.264. The molecule has 0 spiro atoms. The van der Waals surface area contributed by atoms with E-state index in [2.05, 4.69) is 21.2 Å². The molecule has 0 aliphatic carbocycles. The zero-order chi connectivity index (χ0) is 11.5. The summed E-state index contributed by atoms with van der Waals surface area (Å²) in [6.07, 6.45) is 0. The number of hydrogen-bond acceptors (Lipinski definition) is 2. The summed E-state index contributed by atoms with van der Waals surface area (Å²) in [6.45, 7) is 2.49. The van der Waals surface area contributed by atoms with Crippen LogP contribution in [-0.2, 0) is 6.54 Å². The van der Waals surface area contributed by atoms with Crippen LogP contribution in [0.1, 0.15) is 11.5 Å². The van der Waals surface area contributed by atoms with Gasteiger partial charge in [0.05, 0.1) is 11.0 Å². The Kier molecular flexibility index (Phi) is 3.29. The lowest BCUT2D eigenvalue weighted by atomic mass is 10.3. The van der Waals surface area contributed by atoms with E-state index in [0.29, 0.717) is 11.0 Å². The van der Waals surface area contributed by atoms with Crippen molar-refractivity contribution in [1.82, 2.24) is 0 Å². The molecule has 1 aromatic carbocycles. The van der Waals surface area contributed by atoms with Crippen LogP contribution >= 0.6 is 15.9 Å². The molecule has 2 rings (SSSR count). The Morgan fingerprint density at radius 1 is 1.31 bits per heavy atom. The van der Waals surface area contributed by atoms with Crippen molar-refractivity contribution in [1.29, 1.82) is 0 Å². The second-order valence-electron chi connectivity index (χ2n) is 3.49. The summed E-state index contributed by atoms with van der Waals surface area (Å²) < 4.78 is 18.8. The molecular weight excluding hydrogens is 273 g/mol. The van der Waals surface area contributed by atoms with Gasteiger partial charge in [-0.15, -0.1) is 0 Å². The predicted molar refractivity (Wildman–Crippen MR) is 64.9 cm³/mol. The van der Waals surface area contributed by atoms with Crippen LogP contribution in [0.4, 0.5) is 10.1 Å². The lowest BCUT2D eigenvalue weighted by Gasteiger charge is -2.05. The average Bonchev–Trinajstić information content (AvgIpc) is 2.66. The third kappa shape index (κ3) is 2.64. The molecule has 0 amide bonds. The van der Waals surface area contributed by atoms with Gasteiger partial charge in [-0.3, -0.25) is 0 Å². The summed E-state index contributed by atoms with van der Waals surface area (Å²) in [5.74, 6) is 1.48. The highest BCUT2D eigenvalue weighted by Crippen LogP contribution is 2.20. The van der Waals surface area contributed by atoms with E-state index < -0.39 is 0 Å². The van der Waals surface area contributed by atoms with Gasteiger partial charge in [-0.1, -0.05) is 0 Å². The third-order valence-corrected chi connectivity index (χ3v) is 2.79. The zero-order valence-electron chi connectivity index (χ0n) is 8.76. The fourth-order valence-electron chi connectivity index (χ4n) is 1.38. The Morgan fingerprint density at radius 3 is 2.75 bits per heavy atom.